The average Bonchev–Trinajstić information content (AvgIpc) is 3.10. The minimum Gasteiger partial charge on any atom is -0.299 e. The van der Waals surface area contributed by atoms with Gasteiger partial charge in [-0.25, -0.2) is 12.8 Å². The summed E-state index contributed by atoms with van der Waals surface area (Å²) in [6.07, 6.45) is 0.448. The number of hydrogen-bond donors (Lipinski definition) is 2. The van der Waals surface area contributed by atoms with Crippen LogP contribution in [0, 0.1) is 12.7 Å². The Hall–Kier alpha value is -2.69. The number of hydrogen-bond acceptors (Lipinski definition) is 6. The number of amides is 1. The third kappa shape index (κ3) is 5.66. The second kappa shape index (κ2) is 8.76. The van der Waals surface area contributed by atoms with Crippen molar-refractivity contribution < 1.29 is 17.6 Å². The second-order valence-corrected chi connectivity index (χ2v) is 9.23. The van der Waals surface area contributed by atoms with Crippen molar-refractivity contribution in [1.29, 1.82) is 0 Å². The molecule has 0 spiro atoms. The molecule has 1 atom stereocenters. The number of aryl methyl sites for hydroxylation is 1. The van der Waals surface area contributed by atoms with Crippen molar-refractivity contribution >= 4 is 32.4 Å². The Balaban J connectivity index is 1.60. The SMILES string of the molecule is Cc1ccc(S(=O)(=O)N[C@@H](C)C(=O)Nc2nnc(Cc3ccc(F)cc3)s2)cc1. The van der Waals surface area contributed by atoms with E-state index in [2.05, 4.69) is 20.2 Å². The summed E-state index contributed by atoms with van der Waals surface area (Å²) in [6, 6.07) is 11.3. The van der Waals surface area contributed by atoms with Crippen LogP contribution in [0.4, 0.5) is 9.52 Å². The molecule has 0 bridgehead atoms. The van der Waals surface area contributed by atoms with Crippen LogP contribution in [0.15, 0.2) is 53.4 Å². The molecule has 1 heterocycles. The van der Waals surface area contributed by atoms with Crippen LogP contribution in [0.1, 0.15) is 23.1 Å². The van der Waals surface area contributed by atoms with E-state index in [0.717, 1.165) is 11.1 Å². The van der Waals surface area contributed by atoms with E-state index in [-0.39, 0.29) is 15.8 Å². The van der Waals surface area contributed by atoms with Gasteiger partial charge in [-0.15, -0.1) is 10.2 Å². The molecule has 7 nitrogen and oxygen atoms in total. The predicted molar refractivity (Wildman–Crippen MR) is 109 cm³/mol. The summed E-state index contributed by atoms with van der Waals surface area (Å²) in [5.74, 6) is -0.869. The molecule has 2 N–H and O–H groups in total. The first kappa shape index (κ1) is 21.0. The molecule has 3 rings (SSSR count). The van der Waals surface area contributed by atoms with Gasteiger partial charge in [0.1, 0.15) is 10.8 Å². The van der Waals surface area contributed by atoms with Crippen LogP contribution >= 0.6 is 11.3 Å². The van der Waals surface area contributed by atoms with Crippen LogP contribution in [0.5, 0.6) is 0 Å². The normalized spacial score (nSPS) is 12.5. The Bertz CT molecular complexity index is 1100. The number of nitrogens with one attached hydrogen (secondary N) is 2. The molecule has 2 aromatic carbocycles. The van der Waals surface area contributed by atoms with E-state index < -0.39 is 22.0 Å². The van der Waals surface area contributed by atoms with E-state index in [1.807, 2.05) is 6.92 Å². The van der Waals surface area contributed by atoms with Crippen molar-refractivity contribution in [1.82, 2.24) is 14.9 Å². The molecular weight excluding hydrogens is 415 g/mol. The number of sulfonamides is 1. The number of carbonyl (C=O) groups excluding carboxylic acids is 1. The van der Waals surface area contributed by atoms with Gasteiger partial charge in [0.2, 0.25) is 21.1 Å². The summed E-state index contributed by atoms with van der Waals surface area (Å²) < 4.78 is 40.1. The minimum atomic E-state index is -3.83. The summed E-state index contributed by atoms with van der Waals surface area (Å²) in [4.78, 5) is 12.4. The van der Waals surface area contributed by atoms with Crippen molar-refractivity contribution in [2.75, 3.05) is 5.32 Å². The fourth-order valence-corrected chi connectivity index (χ4v) is 4.42. The fraction of sp³-hybridized carbons (Fsp3) is 0.211. The highest BCUT2D eigenvalue weighted by molar-refractivity contribution is 7.89. The van der Waals surface area contributed by atoms with Crippen molar-refractivity contribution in [3.05, 3.63) is 70.5 Å². The molecule has 0 aliphatic heterocycles. The van der Waals surface area contributed by atoms with Gasteiger partial charge in [-0.3, -0.25) is 10.1 Å². The topological polar surface area (TPSA) is 101 Å². The number of rotatable bonds is 7. The Morgan fingerprint density at radius 3 is 2.41 bits per heavy atom. The molecule has 29 heavy (non-hydrogen) atoms. The quantitative estimate of drug-likeness (QED) is 0.596. The van der Waals surface area contributed by atoms with Gasteiger partial charge < -0.3 is 0 Å². The van der Waals surface area contributed by atoms with Gasteiger partial charge in [0.05, 0.1) is 10.9 Å². The second-order valence-electron chi connectivity index (χ2n) is 6.45. The standard InChI is InChI=1S/C19H19FN4O3S2/c1-12-3-9-16(10-4-12)29(26,27)24-13(2)18(25)21-19-23-22-17(28-19)11-14-5-7-15(20)8-6-14/h3-10,13,24H,11H2,1-2H3,(H,21,23,25)/t13-/m0/s1. The van der Waals surface area contributed by atoms with Gasteiger partial charge in [-0.2, -0.15) is 4.72 Å². The molecular formula is C19H19FN4O3S2. The lowest BCUT2D eigenvalue weighted by Gasteiger charge is -2.13. The van der Waals surface area contributed by atoms with Crippen LogP contribution in [0.25, 0.3) is 0 Å². The third-order valence-corrected chi connectivity index (χ3v) is 6.42. The maximum atomic E-state index is 13.0. The molecule has 0 radical (unpaired) electrons. The zero-order valence-electron chi connectivity index (χ0n) is 15.7. The van der Waals surface area contributed by atoms with E-state index in [1.165, 1.54) is 42.5 Å². The van der Waals surface area contributed by atoms with Gasteiger partial charge in [-0.1, -0.05) is 41.2 Å². The number of aromatic nitrogens is 2. The Kier molecular flexibility index (Phi) is 6.36. The van der Waals surface area contributed by atoms with Crippen LogP contribution in [0.3, 0.4) is 0 Å². The van der Waals surface area contributed by atoms with Crippen LogP contribution in [-0.4, -0.2) is 30.6 Å². The summed E-state index contributed by atoms with van der Waals surface area (Å²) in [7, 11) is -3.83. The maximum Gasteiger partial charge on any atom is 0.244 e. The molecule has 1 aromatic heterocycles. The van der Waals surface area contributed by atoms with E-state index in [4.69, 9.17) is 0 Å². The lowest BCUT2D eigenvalue weighted by molar-refractivity contribution is -0.117. The fourth-order valence-electron chi connectivity index (χ4n) is 2.44. The summed E-state index contributed by atoms with van der Waals surface area (Å²) in [5.41, 5.74) is 1.79. The summed E-state index contributed by atoms with van der Waals surface area (Å²) in [6.45, 7) is 3.30. The average molecular weight is 435 g/mol. The third-order valence-electron chi connectivity index (χ3n) is 4.02. The number of anilines is 1. The van der Waals surface area contributed by atoms with Gasteiger partial charge in [-0.05, 0) is 43.7 Å². The first-order valence-corrected chi connectivity index (χ1v) is 11.0. The number of nitrogens with zero attached hydrogens (tertiary/aromatic N) is 2. The number of halogens is 1. The van der Waals surface area contributed by atoms with Crippen molar-refractivity contribution in [3.63, 3.8) is 0 Å². The van der Waals surface area contributed by atoms with Crippen LogP contribution in [-0.2, 0) is 21.2 Å². The van der Waals surface area contributed by atoms with Gasteiger partial charge in [0.15, 0.2) is 0 Å². The number of benzene rings is 2. The highest BCUT2D eigenvalue weighted by Crippen LogP contribution is 2.19. The Morgan fingerprint density at radius 2 is 1.76 bits per heavy atom. The van der Waals surface area contributed by atoms with E-state index in [0.29, 0.717) is 11.4 Å². The summed E-state index contributed by atoms with van der Waals surface area (Å²) in [5, 5.41) is 11.4. The highest BCUT2D eigenvalue weighted by Gasteiger charge is 2.23. The van der Waals surface area contributed by atoms with Gasteiger partial charge >= 0.3 is 0 Å². The summed E-state index contributed by atoms with van der Waals surface area (Å²) >= 11 is 1.17. The molecule has 0 aliphatic rings. The van der Waals surface area contributed by atoms with E-state index in [1.54, 1.807) is 24.3 Å². The van der Waals surface area contributed by atoms with Crippen molar-refractivity contribution in [2.24, 2.45) is 0 Å². The first-order valence-electron chi connectivity index (χ1n) is 8.69. The number of carbonyl (C=O) groups is 1. The highest BCUT2D eigenvalue weighted by atomic mass is 32.2. The zero-order chi connectivity index (χ0) is 21.0. The molecule has 0 fully saturated rings. The lowest BCUT2D eigenvalue weighted by atomic mass is 10.2. The molecule has 0 saturated heterocycles. The minimum absolute atomic E-state index is 0.0836. The van der Waals surface area contributed by atoms with Crippen LogP contribution < -0.4 is 10.0 Å². The zero-order valence-corrected chi connectivity index (χ0v) is 17.3. The van der Waals surface area contributed by atoms with E-state index >= 15 is 0 Å². The van der Waals surface area contributed by atoms with Gasteiger partial charge in [0.25, 0.3) is 0 Å². The molecule has 152 valence electrons. The Labute approximate surface area is 172 Å². The van der Waals surface area contributed by atoms with Crippen molar-refractivity contribution in [3.8, 4) is 0 Å². The largest absolute Gasteiger partial charge is 0.299 e. The molecule has 0 aliphatic carbocycles. The molecule has 10 heteroatoms. The smallest absolute Gasteiger partial charge is 0.244 e. The monoisotopic (exact) mass is 434 g/mol. The molecule has 0 unspecified atom stereocenters. The Morgan fingerprint density at radius 1 is 1.10 bits per heavy atom. The first-order chi connectivity index (χ1) is 13.7. The van der Waals surface area contributed by atoms with Crippen molar-refractivity contribution in [2.45, 2.75) is 31.2 Å². The van der Waals surface area contributed by atoms with Crippen LogP contribution in [0.2, 0.25) is 0 Å². The molecule has 1 amide bonds. The van der Waals surface area contributed by atoms with Gasteiger partial charge in [0, 0.05) is 6.42 Å². The molecule has 3 aromatic rings. The maximum absolute atomic E-state index is 13.0. The van der Waals surface area contributed by atoms with E-state index in [9.17, 15) is 17.6 Å². The molecule has 0 saturated carbocycles. The predicted octanol–water partition coefficient (Wildman–Crippen LogP) is 2.88. The lowest BCUT2D eigenvalue weighted by Crippen LogP contribution is -2.41.